The van der Waals surface area contributed by atoms with Crippen molar-refractivity contribution in [2.24, 2.45) is 0 Å². The van der Waals surface area contributed by atoms with E-state index in [9.17, 15) is 8.42 Å². The van der Waals surface area contributed by atoms with Crippen LogP contribution in [0, 0.1) is 0 Å². The summed E-state index contributed by atoms with van der Waals surface area (Å²) >= 11 is 4.52. The van der Waals surface area contributed by atoms with Gasteiger partial charge in [0.15, 0.2) is 0 Å². The lowest BCUT2D eigenvalue weighted by Gasteiger charge is -2.31. The molecule has 5 nitrogen and oxygen atoms in total. The number of hydrogen-bond acceptors (Lipinski definition) is 5. The Hall–Kier alpha value is 0.01000. The molecule has 2 heterocycles. The maximum absolute atomic E-state index is 12.7. The van der Waals surface area contributed by atoms with Crippen molar-refractivity contribution < 1.29 is 18.3 Å². The Balaban J connectivity index is 2.22. The molecule has 1 saturated heterocycles. The van der Waals surface area contributed by atoms with E-state index < -0.39 is 10.0 Å². The second kappa shape index (κ2) is 6.85. The lowest BCUT2D eigenvalue weighted by Crippen LogP contribution is -2.43. The molecule has 1 N–H and O–H groups in total. The molecular formula is C12H18BrNO4S2. The molecule has 1 aromatic rings. The highest BCUT2D eigenvalue weighted by Gasteiger charge is 2.32. The van der Waals surface area contributed by atoms with Gasteiger partial charge >= 0.3 is 0 Å². The number of aliphatic hydroxyl groups is 1. The molecule has 114 valence electrons. The Morgan fingerprint density at radius 3 is 2.95 bits per heavy atom. The van der Waals surface area contributed by atoms with Crippen LogP contribution in [0.1, 0.15) is 24.6 Å². The molecule has 8 heteroatoms. The maximum atomic E-state index is 12.7. The fraction of sp³-hybridized carbons (Fsp3) is 0.667. The number of ether oxygens (including phenoxy) is 1. The molecule has 1 aliphatic heterocycles. The fourth-order valence-electron chi connectivity index (χ4n) is 2.29. The standard InChI is InChI=1S/C12H18BrNO4S2/c1-2-18-9-4-3-5-14(7-9)20(16,17)11-6-10(8-15)19-12(11)13/h6,9,15H,2-5,7-8H2,1H3. The number of sulfonamides is 1. The third kappa shape index (κ3) is 3.42. The van der Waals surface area contributed by atoms with Crippen LogP contribution < -0.4 is 0 Å². The van der Waals surface area contributed by atoms with Gasteiger partial charge in [-0.3, -0.25) is 0 Å². The number of hydrogen-bond donors (Lipinski definition) is 1. The first-order valence-corrected chi connectivity index (χ1v) is 9.54. The van der Waals surface area contributed by atoms with E-state index in [-0.39, 0.29) is 17.6 Å². The Morgan fingerprint density at radius 1 is 1.60 bits per heavy atom. The van der Waals surface area contributed by atoms with Crippen LogP contribution in [0.2, 0.25) is 0 Å². The van der Waals surface area contributed by atoms with Gasteiger partial charge in [-0.1, -0.05) is 0 Å². The van der Waals surface area contributed by atoms with E-state index in [0.29, 0.717) is 28.4 Å². The molecule has 1 fully saturated rings. The average Bonchev–Trinajstić information content (AvgIpc) is 2.81. The Bertz CT molecular complexity index is 556. The van der Waals surface area contributed by atoms with Crippen LogP contribution >= 0.6 is 27.3 Å². The third-order valence-corrected chi connectivity index (χ3v) is 7.33. The molecule has 1 aliphatic rings. The summed E-state index contributed by atoms with van der Waals surface area (Å²) in [5, 5.41) is 9.12. The number of nitrogens with zero attached hydrogens (tertiary/aromatic N) is 1. The number of thiophene rings is 1. The quantitative estimate of drug-likeness (QED) is 0.845. The smallest absolute Gasteiger partial charge is 0.245 e. The van der Waals surface area contributed by atoms with Gasteiger partial charge in [0.2, 0.25) is 10.0 Å². The first-order chi connectivity index (χ1) is 9.48. The Labute approximate surface area is 131 Å². The predicted octanol–water partition coefficient (Wildman–Crippen LogP) is 2.19. The van der Waals surface area contributed by atoms with Gasteiger partial charge in [-0.25, -0.2) is 8.42 Å². The maximum Gasteiger partial charge on any atom is 0.245 e. The third-order valence-electron chi connectivity index (χ3n) is 3.22. The van der Waals surface area contributed by atoms with E-state index in [0.717, 1.165) is 12.8 Å². The van der Waals surface area contributed by atoms with Crippen LogP contribution in [0.3, 0.4) is 0 Å². The lowest BCUT2D eigenvalue weighted by molar-refractivity contribution is 0.0265. The minimum absolute atomic E-state index is 0.0294. The van der Waals surface area contributed by atoms with Gasteiger partial charge in [0.05, 0.1) is 16.5 Å². The molecule has 2 rings (SSSR count). The SMILES string of the molecule is CCOC1CCCN(S(=O)(=O)c2cc(CO)sc2Br)C1. The summed E-state index contributed by atoms with van der Waals surface area (Å²) in [6.07, 6.45) is 1.67. The highest BCUT2D eigenvalue weighted by molar-refractivity contribution is 9.11. The van der Waals surface area contributed by atoms with Gasteiger partial charge in [-0.2, -0.15) is 4.31 Å². The molecular weight excluding hydrogens is 366 g/mol. The monoisotopic (exact) mass is 383 g/mol. The van der Waals surface area contributed by atoms with Crippen molar-refractivity contribution >= 4 is 37.3 Å². The average molecular weight is 384 g/mol. The summed E-state index contributed by atoms with van der Waals surface area (Å²) in [5.41, 5.74) is 0. The van der Waals surface area contributed by atoms with Gasteiger partial charge < -0.3 is 9.84 Å². The Kier molecular flexibility index (Phi) is 5.61. The van der Waals surface area contributed by atoms with E-state index in [2.05, 4.69) is 15.9 Å². The van der Waals surface area contributed by atoms with Gasteiger partial charge in [0, 0.05) is 24.6 Å². The summed E-state index contributed by atoms with van der Waals surface area (Å²) in [6, 6.07) is 1.54. The van der Waals surface area contributed by atoms with Crippen LogP contribution in [-0.2, 0) is 21.4 Å². The molecule has 0 aromatic carbocycles. The molecule has 0 spiro atoms. The first-order valence-electron chi connectivity index (χ1n) is 6.49. The molecule has 0 amide bonds. The normalized spacial score (nSPS) is 21.2. The summed E-state index contributed by atoms with van der Waals surface area (Å²) in [5.74, 6) is 0. The second-order valence-corrected chi connectivity index (χ2v) is 8.95. The minimum Gasteiger partial charge on any atom is -0.391 e. The van der Waals surface area contributed by atoms with Gasteiger partial charge in [0.1, 0.15) is 4.90 Å². The van der Waals surface area contributed by atoms with E-state index in [1.807, 2.05) is 6.92 Å². The van der Waals surface area contributed by atoms with Crippen molar-refractivity contribution in [1.29, 1.82) is 0 Å². The van der Waals surface area contributed by atoms with Crippen LogP contribution in [0.25, 0.3) is 0 Å². The van der Waals surface area contributed by atoms with Crippen molar-refractivity contribution in [2.75, 3.05) is 19.7 Å². The largest absolute Gasteiger partial charge is 0.391 e. The number of aliphatic hydroxyl groups excluding tert-OH is 1. The molecule has 1 unspecified atom stereocenters. The summed E-state index contributed by atoms with van der Waals surface area (Å²) in [6.45, 7) is 3.27. The first kappa shape index (κ1) is 16.4. The van der Waals surface area contributed by atoms with Crippen molar-refractivity contribution in [1.82, 2.24) is 4.31 Å². The Morgan fingerprint density at radius 2 is 2.35 bits per heavy atom. The highest BCUT2D eigenvalue weighted by Crippen LogP contribution is 2.34. The summed E-state index contributed by atoms with van der Waals surface area (Å²) in [7, 11) is -3.53. The van der Waals surface area contributed by atoms with E-state index in [4.69, 9.17) is 9.84 Å². The van der Waals surface area contributed by atoms with Gasteiger partial charge in [-0.15, -0.1) is 11.3 Å². The second-order valence-electron chi connectivity index (χ2n) is 4.59. The van der Waals surface area contributed by atoms with Crippen LogP contribution in [0.4, 0.5) is 0 Å². The number of piperidine rings is 1. The molecule has 0 radical (unpaired) electrons. The molecule has 0 bridgehead atoms. The molecule has 0 aliphatic carbocycles. The van der Waals surface area contributed by atoms with Crippen LogP contribution in [0.15, 0.2) is 14.7 Å². The van der Waals surface area contributed by atoms with Crippen molar-refractivity contribution in [2.45, 2.75) is 37.4 Å². The summed E-state index contributed by atoms with van der Waals surface area (Å²) in [4.78, 5) is 0.873. The van der Waals surface area contributed by atoms with Crippen LogP contribution in [0.5, 0.6) is 0 Å². The van der Waals surface area contributed by atoms with Gasteiger partial charge in [0.25, 0.3) is 0 Å². The molecule has 20 heavy (non-hydrogen) atoms. The van der Waals surface area contributed by atoms with E-state index in [1.165, 1.54) is 21.7 Å². The summed E-state index contributed by atoms with van der Waals surface area (Å²) < 4.78 is 32.9. The number of rotatable bonds is 5. The topological polar surface area (TPSA) is 66.8 Å². The highest BCUT2D eigenvalue weighted by atomic mass is 79.9. The van der Waals surface area contributed by atoms with Crippen molar-refractivity contribution in [3.05, 3.63) is 14.7 Å². The number of halogens is 1. The van der Waals surface area contributed by atoms with E-state index >= 15 is 0 Å². The fourth-order valence-corrected chi connectivity index (χ4v) is 6.29. The minimum atomic E-state index is -3.53. The molecule has 1 atom stereocenters. The zero-order chi connectivity index (χ0) is 14.8. The zero-order valence-corrected chi connectivity index (χ0v) is 14.4. The predicted molar refractivity (Wildman–Crippen MR) is 81.3 cm³/mol. The van der Waals surface area contributed by atoms with E-state index in [1.54, 1.807) is 0 Å². The molecule has 0 saturated carbocycles. The van der Waals surface area contributed by atoms with Crippen molar-refractivity contribution in [3.8, 4) is 0 Å². The van der Waals surface area contributed by atoms with Gasteiger partial charge in [-0.05, 0) is 41.8 Å². The zero-order valence-electron chi connectivity index (χ0n) is 11.2. The molecule has 1 aromatic heterocycles. The van der Waals surface area contributed by atoms with Crippen molar-refractivity contribution in [3.63, 3.8) is 0 Å². The lowest BCUT2D eigenvalue weighted by atomic mass is 10.1. The van der Waals surface area contributed by atoms with Crippen LogP contribution in [-0.4, -0.2) is 43.6 Å².